The molecule has 10 nitrogen and oxygen atoms in total. The maximum Gasteiger partial charge on any atom is 0.339 e. The molecule has 0 aliphatic heterocycles. The van der Waals surface area contributed by atoms with Gasteiger partial charge >= 0.3 is 5.97 Å². The molecule has 3 aromatic carbocycles. The minimum Gasteiger partial charge on any atom is -0.870 e. The lowest BCUT2D eigenvalue weighted by atomic mass is 9.98. The van der Waals surface area contributed by atoms with Gasteiger partial charge in [0.05, 0.1) is 19.8 Å². The van der Waals surface area contributed by atoms with Gasteiger partial charge in [0, 0.05) is 35.2 Å². The van der Waals surface area contributed by atoms with Crippen LogP contribution in [0.15, 0.2) is 42.5 Å². The molecule has 10 heteroatoms. The maximum atomic E-state index is 13.2. The van der Waals surface area contributed by atoms with Crippen molar-refractivity contribution in [3.05, 3.63) is 64.7 Å². The van der Waals surface area contributed by atoms with Crippen LogP contribution >= 0.6 is 0 Å². The van der Waals surface area contributed by atoms with Crippen LogP contribution in [0.2, 0.25) is 0 Å². The van der Waals surface area contributed by atoms with Gasteiger partial charge in [0.2, 0.25) is 5.78 Å². The summed E-state index contributed by atoms with van der Waals surface area (Å²) in [6, 6.07) is 7.76. The van der Waals surface area contributed by atoms with Crippen molar-refractivity contribution in [2.75, 3.05) is 14.2 Å². The molecule has 3 rings (SSSR count). The molecule has 0 amide bonds. The smallest absolute Gasteiger partial charge is 0.339 e. The molecule has 3 aromatic rings. The molecule has 0 fully saturated rings. The van der Waals surface area contributed by atoms with Crippen molar-refractivity contribution in [2.45, 2.75) is 19.4 Å². The second-order valence-corrected chi connectivity index (χ2v) is 7.61. The molecule has 4 N–H and O–H groups in total. The normalized spacial score (nSPS) is 11.5. The number of ether oxygens (including phenoxy) is 3. The molecule has 0 aliphatic carbocycles. The predicted molar refractivity (Wildman–Crippen MR) is 121 cm³/mol. The highest BCUT2D eigenvalue weighted by Gasteiger charge is 2.29. The monoisotopic (exact) mass is 483 g/mol. The number of aromatic hydroxyl groups is 4. The summed E-state index contributed by atoms with van der Waals surface area (Å²) in [5, 5.41) is 51.2. The maximum absolute atomic E-state index is 13.2. The van der Waals surface area contributed by atoms with E-state index < -0.39 is 53.0 Å². The van der Waals surface area contributed by atoms with Gasteiger partial charge in [0.1, 0.15) is 34.5 Å². The van der Waals surface area contributed by atoms with Crippen LogP contribution in [0.4, 0.5) is 0 Å². The molecule has 0 aromatic heterocycles. The van der Waals surface area contributed by atoms with E-state index in [0.717, 1.165) is 30.3 Å². The van der Waals surface area contributed by atoms with Gasteiger partial charge in [-0.25, -0.2) is 4.79 Å². The average molecular weight is 483 g/mol. The van der Waals surface area contributed by atoms with Gasteiger partial charge in [-0.3, -0.25) is 4.79 Å². The van der Waals surface area contributed by atoms with Gasteiger partial charge in [0.25, 0.3) is 0 Å². The van der Waals surface area contributed by atoms with Crippen molar-refractivity contribution in [1.29, 1.82) is 0 Å². The number of hydrogen-bond donors (Lipinski definition) is 4. The van der Waals surface area contributed by atoms with Crippen LogP contribution in [0.25, 0.3) is 0 Å². The Balaban J connectivity index is 2.02. The number of ketones is 1. The predicted octanol–water partition coefficient (Wildman–Crippen LogP) is 2.56. The molecular weight excluding hydrogens is 460 g/mol. The van der Waals surface area contributed by atoms with Crippen molar-refractivity contribution in [3.63, 3.8) is 0 Å². The van der Waals surface area contributed by atoms with Gasteiger partial charge in [-0.2, -0.15) is 0 Å². The molecule has 0 heterocycles. The summed E-state index contributed by atoms with van der Waals surface area (Å²) in [6.45, 7) is 1.72. The number of phenolic OH excluding ortho intramolecular Hbond substituents is 4. The van der Waals surface area contributed by atoms with Gasteiger partial charge in [-0.1, -0.05) is 17.9 Å². The number of carbonyl (C=O) groups excluding carboxylic acids is 2. The van der Waals surface area contributed by atoms with Gasteiger partial charge in [-0.15, -0.1) is 0 Å². The number of benzene rings is 3. The van der Waals surface area contributed by atoms with Gasteiger partial charge in [-0.05, 0) is 25.1 Å². The molecule has 184 valence electrons. The molecular formula is C25H23O10-. The summed E-state index contributed by atoms with van der Waals surface area (Å²) in [7, 11) is 2.82. The minimum atomic E-state index is -1.60. The van der Waals surface area contributed by atoms with Gasteiger partial charge < -0.3 is 39.7 Å². The molecule has 1 atom stereocenters. The van der Waals surface area contributed by atoms with Crippen LogP contribution in [-0.4, -0.2) is 52.5 Å². The van der Waals surface area contributed by atoms with Crippen molar-refractivity contribution in [1.82, 2.24) is 0 Å². The van der Waals surface area contributed by atoms with E-state index in [9.17, 15) is 35.1 Å². The van der Waals surface area contributed by atoms with Crippen LogP contribution in [0.1, 0.15) is 31.8 Å². The standard InChI is InChI=1S/C25H24O10/c1-12-21(33-2)7-14(8-22(12)34-3)25(32)35-23(11-16-18(28)9-15(26)10-19(16)29)24(31)13-4-5-17(27)20(30)6-13/h4-10,23,26-30H,11H2,1-3H3/p-1/t23-/m1/s1. The molecule has 35 heavy (non-hydrogen) atoms. The SMILES string of the molecule is COc1cc(C(=O)O[C@H](Cc2c(O)cc(O)cc2O)C(=O)c2ccc([O-])c(O)c2)cc(OC)c1C. The first-order chi connectivity index (χ1) is 16.5. The number of carbonyl (C=O) groups is 2. The Morgan fingerprint density at radius 1 is 0.857 bits per heavy atom. The first-order valence-electron chi connectivity index (χ1n) is 10.3. The lowest BCUT2D eigenvalue weighted by molar-refractivity contribution is -0.270. The van der Waals surface area contributed by atoms with Gasteiger partial charge in [0.15, 0.2) is 6.10 Å². The third-order valence-electron chi connectivity index (χ3n) is 5.35. The van der Waals surface area contributed by atoms with E-state index >= 15 is 0 Å². The third kappa shape index (κ3) is 5.32. The zero-order chi connectivity index (χ0) is 25.9. The van der Waals surface area contributed by atoms with Crippen molar-refractivity contribution in [3.8, 4) is 40.2 Å². The fourth-order valence-electron chi connectivity index (χ4n) is 3.47. The molecule has 0 bridgehead atoms. The average Bonchev–Trinajstić information content (AvgIpc) is 2.81. The number of Topliss-reactive ketones (excluding diaryl/α,β-unsaturated/α-hetero) is 1. The topological polar surface area (TPSA) is 166 Å². The lowest BCUT2D eigenvalue weighted by Gasteiger charge is -2.20. The zero-order valence-corrected chi connectivity index (χ0v) is 19.1. The van der Waals surface area contributed by atoms with E-state index in [1.165, 1.54) is 26.4 Å². The van der Waals surface area contributed by atoms with Crippen molar-refractivity contribution < 1.29 is 49.3 Å². The van der Waals surface area contributed by atoms with E-state index in [1.54, 1.807) is 6.92 Å². The second-order valence-electron chi connectivity index (χ2n) is 7.61. The second kappa shape index (κ2) is 10.1. The van der Waals surface area contributed by atoms with E-state index in [2.05, 4.69) is 0 Å². The third-order valence-corrected chi connectivity index (χ3v) is 5.35. The largest absolute Gasteiger partial charge is 0.870 e. The molecule has 0 unspecified atom stereocenters. The fourth-order valence-corrected chi connectivity index (χ4v) is 3.47. The molecule has 0 saturated carbocycles. The van der Waals surface area contributed by atoms with E-state index in [0.29, 0.717) is 17.1 Å². The lowest BCUT2D eigenvalue weighted by Crippen LogP contribution is -2.30. The minimum absolute atomic E-state index is 0.000923. The number of methoxy groups -OCH3 is 2. The highest BCUT2D eigenvalue weighted by Crippen LogP contribution is 2.35. The van der Waals surface area contributed by atoms with E-state index in [1.807, 2.05) is 0 Å². The van der Waals surface area contributed by atoms with Crippen LogP contribution in [-0.2, 0) is 11.2 Å². The number of hydrogen-bond acceptors (Lipinski definition) is 10. The number of esters is 1. The Hall–Kier alpha value is -4.60. The van der Waals surface area contributed by atoms with E-state index in [4.69, 9.17) is 14.2 Å². The molecule has 0 saturated heterocycles. The molecule has 0 aliphatic rings. The molecule has 0 radical (unpaired) electrons. The summed E-state index contributed by atoms with van der Waals surface area (Å²) in [5.41, 5.74) is 0.319. The van der Waals surface area contributed by atoms with Crippen LogP contribution in [0, 0.1) is 6.92 Å². The Kier molecular flexibility index (Phi) is 7.24. The summed E-state index contributed by atoms with van der Waals surface area (Å²) in [4.78, 5) is 26.2. The van der Waals surface area contributed by atoms with Crippen molar-refractivity contribution in [2.24, 2.45) is 0 Å². The Labute approximate surface area is 200 Å². The molecule has 0 spiro atoms. The number of rotatable bonds is 8. The quantitative estimate of drug-likeness (QED) is 0.276. The first kappa shape index (κ1) is 25.0. The summed E-state index contributed by atoms with van der Waals surface area (Å²) >= 11 is 0. The number of phenols is 4. The first-order valence-corrected chi connectivity index (χ1v) is 10.3. The Bertz CT molecular complexity index is 1230. The van der Waals surface area contributed by atoms with Crippen LogP contribution in [0.3, 0.4) is 0 Å². The highest BCUT2D eigenvalue weighted by molar-refractivity contribution is 6.02. The van der Waals surface area contributed by atoms with Crippen molar-refractivity contribution >= 4 is 11.8 Å². The summed E-state index contributed by atoms with van der Waals surface area (Å²) in [5.74, 6) is -3.95. The highest BCUT2D eigenvalue weighted by atomic mass is 16.5. The van der Waals surface area contributed by atoms with Crippen LogP contribution < -0.4 is 14.6 Å². The summed E-state index contributed by atoms with van der Waals surface area (Å²) < 4.78 is 16.0. The van der Waals surface area contributed by atoms with Crippen LogP contribution in [0.5, 0.6) is 40.2 Å². The fraction of sp³-hybridized carbons (Fsp3) is 0.200. The zero-order valence-electron chi connectivity index (χ0n) is 19.1. The Morgan fingerprint density at radius 2 is 1.43 bits per heavy atom. The van der Waals surface area contributed by atoms with E-state index in [-0.39, 0.29) is 16.7 Å². The Morgan fingerprint density at radius 3 is 1.94 bits per heavy atom. The summed E-state index contributed by atoms with van der Waals surface area (Å²) in [6.07, 6.45) is -2.08.